The highest BCUT2D eigenvalue weighted by molar-refractivity contribution is 7.89. The molecular formula is C21H35N3O3S. The summed E-state index contributed by atoms with van der Waals surface area (Å²) in [4.78, 5) is 14.8. The van der Waals surface area contributed by atoms with Crippen LogP contribution >= 0.6 is 0 Å². The quantitative estimate of drug-likeness (QED) is 0.716. The molecule has 1 heterocycles. The molecule has 6 nitrogen and oxygen atoms in total. The van der Waals surface area contributed by atoms with Gasteiger partial charge in [-0.3, -0.25) is 4.79 Å². The minimum Gasteiger partial charge on any atom is -0.342 e. The van der Waals surface area contributed by atoms with Crippen molar-refractivity contribution in [1.29, 1.82) is 0 Å². The fourth-order valence-corrected chi connectivity index (χ4v) is 5.07. The molecule has 1 aromatic rings. The van der Waals surface area contributed by atoms with Gasteiger partial charge >= 0.3 is 0 Å². The number of sulfonamides is 1. The van der Waals surface area contributed by atoms with Gasteiger partial charge in [-0.25, -0.2) is 8.42 Å². The smallest absolute Gasteiger partial charge is 0.243 e. The standard InChI is InChI=1S/C21H35N3O3S/c1-4-24(5-2)28(26,27)20-13-11-19(12-14-20)18(3)22-17-21(25)23-15-9-7-6-8-10-16-23/h11-14,18,22H,4-10,15-17H2,1-3H3/t18-/m1/s1. The first kappa shape index (κ1) is 22.8. The third-order valence-electron chi connectivity index (χ3n) is 5.49. The molecule has 0 unspecified atom stereocenters. The molecule has 0 aliphatic carbocycles. The first-order valence-corrected chi connectivity index (χ1v) is 12.0. The lowest BCUT2D eigenvalue weighted by Gasteiger charge is -2.26. The molecule has 1 aliphatic heterocycles. The minimum absolute atomic E-state index is 0.0242. The first-order valence-electron chi connectivity index (χ1n) is 10.5. The van der Waals surface area contributed by atoms with E-state index in [1.807, 2.05) is 37.8 Å². The van der Waals surface area contributed by atoms with Crippen LogP contribution in [-0.2, 0) is 14.8 Å². The largest absolute Gasteiger partial charge is 0.342 e. The van der Waals surface area contributed by atoms with E-state index in [1.165, 1.54) is 23.6 Å². The number of carbonyl (C=O) groups excluding carboxylic acids is 1. The summed E-state index contributed by atoms with van der Waals surface area (Å²) < 4.78 is 26.6. The number of nitrogens with one attached hydrogen (secondary N) is 1. The molecule has 1 atom stereocenters. The van der Waals surface area contributed by atoms with Gasteiger partial charge in [-0.1, -0.05) is 45.2 Å². The zero-order valence-corrected chi connectivity index (χ0v) is 18.3. The van der Waals surface area contributed by atoms with E-state index < -0.39 is 10.0 Å². The van der Waals surface area contributed by atoms with Crippen molar-refractivity contribution < 1.29 is 13.2 Å². The average Bonchev–Trinajstić information content (AvgIpc) is 2.66. The van der Waals surface area contributed by atoms with Gasteiger partial charge in [0.1, 0.15) is 0 Å². The van der Waals surface area contributed by atoms with Crippen LogP contribution in [0.4, 0.5) is 0 Å². The van der Waals surface area contributed by atoms with Gasteiger partial charge in [0.05, 0.1) is 11.4 Å². The van der Waals surface area contributed by atoms with Crippen molar-refractivity contribution in [3.8, 4) is 0 Å². The van der Waals surface area contributed by atoms with Crippen LogP contribution in [0.2, 0.25) is 0 Å². The van der Waals surface area contributed by atoms with Crippen molar-refractivity contribution in [2.45, 2.75) is 63.8 Å². The van der Waals surface area contributed by atoms with Gasteiger partial charge in [-0.2, -0.15) is 4.31 Å². The molecule has 0 saturated carbocycles. The second-order valence-corrected chi connectivity index (χ2v) is 9.35. The molecule has 1 amide bonds. The number of amides is 1. The van der Waals surface area contributed by atoms with E-state index in [4.69, 9.17) is 0 Å². The van der Waals surface area contributed by atoms with E-state index >= 15 is 0 Å². The predicted molar refractivity (Wildman–Crippen MR) is 113 cm³/mol. The summed E-state index contributed by atoms with van der Waals surface area (Å²) in [5.74, 6) is 0.148. The van der Waals surface area contributed by atoms with E-state index in [1.54, 1.807) is 12.1 Å². The summed E-state index contributed by atoms with van der Waals surface area (Å²) in [7, 11) is -3.44. The van der Waals surface area contributed by atoms with Gasteiger partial charge in [0.2, 0.25) is 15.9 Å². The second kappa shape index (κ2) is 10.9. The van der Waals surface area contributed by atoms with E-state index in [2.05, 4.69) is 5.32 Å². The van der Waals surface area contributed by atoms with Crippen molar-refractivity contribution in [3.63, 3.8) is 0 Å². The molecule has 1 N–H and O–H groups in total. The predicted octanol–water partition coefficient (Wildman–Crippen LogP) is 3.16. The normalized spacial score (nSPS) is 17.2. The first-order chi connectivity index (χ1) is 13.4. The Morgan fingerprint density at radius 3 is 2.11 bits per heavy atom. The van der Waals surface area contributed by atoms with Crippen molar-refractivity contribution in [2.24, 2.45) is 0 Å². The fourth-order valence-electron chi connectivity index (χ4n) is 3.61. The van der Waals surface area contributed by atoms with Gasteiger partial charge in [0.25, 0.3) is 0 Å². The Balaban J connectivity index is 1.93. The lowest BCUT2D eigenvalue weighted by molar-refractivity contribution is -0.130. The number of hydrogen-bond donors (Lipinski definition) is 1. The van der Waals surface area contributed by atoms with Crippen molar-refractivity contribution in [3.05, 3.63) is 29.8 Å². The zero-order chi connectivity index (χ0) is 20.6. The molecule has 0 radical (unpaired) electrons. The molecule has 2 rings (SSSR count). The maximum atomic E-state index is 12.6. The Bertz CT molecular complexity index is 707. The Morgan fingerprint density at radius 2 is 1.57 bits per heavy atom. The molecule has 7 heteroatoms. The topological polar surface area (TPSA) is 69.7 Å². The molecular weight excluding hydrogens is 374 g/mol. The Kier molecular flexibility index (Phi) is 8.92. The molecule has 1 aromatic carbocycles. The monoisotopic (exact) mass is 409 g/mol. The maximum Gasteiger partial charge on any atom is 0.243 e. The van der Waals surface area contributed by atoms with Crippen LogP contribution < -0.4 is 5.32 Å². The highest BCUT2D eigenvalue weighted by Crippen LogP contribution is 2.19. The summed E-state index contributed by atoms with van der Waals surface area (Å²) in [5.41, 5.74) is 0.971. The van der Waals surface area contributed by atoms with Gasteiger partial charge < -0.3 is 10.2 Å². The average molecular weight is 410 g/mol. The van der Waals surface area contributed by atoms with Gasteiger partial charge in [-0.05, 0) is 37.5 Å². The third kappa shape index (κ3) is 6.03. The number of benzene rings is 1. The van der Waals surface area contributed by atoms with Crippen LogP contribution in [0, 0.1) is 0 Å². The second-order valence-electron chi connectivity index (χ2n) is 7.41. The van der Waals surface area contributed by atoms with Crippen molar-refractivity contribution in [1.82, 2.24) is 14.5 Å². The number of likely N-dealkylation sites (tertiary alicyclic amines) is 1. The SMILES string of the molecule is CCN(CC)S(=O)(=O)c1ccc([C@@H](C)NCC(=O)N2CCCCCCC2)cc1. The van der Waals surface area contributed by atoms with Crippen LogP contribution in [-0.4, -0.2) is 56.3 Å². The highest BCUT2D eigenvalue weighted by Gasteiger charge is 2.22. The van der Waals surface area contributed by atoms with Crippen LogP contribution in [0.25, 0.3) is 0 Å². The van der Waals surface area contributed by atoms with E-state index in [0.717, 1.165) is 31.5 Å². The van der Waals surface area contributed by atoms with Crippen LogP contribution in [0.1, 0.15) is 64.5 Å². The fraction of sp³-hybridized carbons (Fsp3) is 0.667. The molecule has 1 saturated heterocycles. The molecule has 1 aliphatic rings. The Hall–Kier alpha value is -1.44. The zero-order valence-electron chi connectivity index (χ0n) is 17.5. The Labute approximate surface area is 170 Å². The van der Waals surface area contributed by atoms with E-state index in [0.29, 0.717) is 24.5 Å². The van der Waals surface area contributed by atoms with E-state index in [-0.39, 0.29) is 11.9 Å². The highest BCUT2D eigenvalue weighted by atomic mass is 32.2. The number of hydrogen-bond acceptors (Lipinski definition) is 4. The number of nitrogens with zero attached hydrogens (tertiary/aromatic N) is 2. The molecule has 0 aromatic heterocycles. The lowest BCUT2D eigenvalue weighted by atomic mass is 10.1. The lowest BCUT2D eigenvalue weighted by Crippen LogP contribution is -2.40. The van der Waals surface area contributed by atoms with Crippen LogP contribution in [0.15, 0.2) is 29.2 Å². The molecule has 28 heavy (non-hydrogen) atoms. The van der Waals surface area contributed by atoms with Gasteiger partial charge in [-0.15, -0.1) is 0 Å². The third-order valence-corrected chi connectivity index (χ3v) is 7.56. The molecule has 0 spiro atoms. The minimum atomic E-state index is -3.44. The summed E-state index contributed by atoms with van der Waals surface area (Å²) in [5, 5.41) is 3.28. The molecule has 0 bridgehead atoms. The van der Waals surface area contributed by atoms with E-state index in [9.17, 15) is 13.2 Å². The molecule has 1 fully saturated rings. The maximum absolute atomic E-state index is 12.6. The molecule has 158 valence electrons. The van der Waals surface area contributed by atoms with Gasteiger partial charge in [0, 0.05) is 32.2 Å². The van der Waals surface area contributed by atoms with Crippen LogP contribution in [0.5, 0.6) is 0 Å². The summed E-state index contributed by atoms with van der Waals surface area (Å²) in [6, 6.07) is 6.94. The summed E-state index contributed by atoms with van der Waals surface area (Å²) in [6.45, 7) is 8.60. The van der Waals surface area contributed by atoms with Gasteiger partial charge in [0.15, 0.2) is 0 Å². The number of rotatable bonds is 8. The Morgan fingerprint density at radius 1 is 1.04 bits per heavy atom. The van der Waals surface area contributed by atoms with Crippen molar-refractivity contribution >= 4 is 15.9 Å². The summed E-state index contributed by atoms with van der Waals surface area (Å²) >= 11 is 0. The van der Waals surface area contributed by atoms with Crippen molar-refractivity contribution in [2.75, 3.05) is 32.7 Å². The summed E-state index contributed by atoms with van der Waals surface area (Å²) in [6.07, 6.45) is 5.86. The number of carbonyl (C=O) groups is 1. The van der Waals surface area contributed by atoms with Crippen LogP contribution in [0.3, 0.4) is 0 Å².